The monoisotopic (exact) mass is 350 g/mol. The summed E-state index contributed by atoms with van der Waals surface area (Å²) in [6, 6.07) is 11.8. The van der Waals surface area contributed by atoms with Gasteiger partial charge in [-0.15, -0.1) is 0 Å². The Morgan fingerprint density at radius 3 is 2.38 bits per heavy atom. The van der Waals surface area contributed by atoms with Gasteiger partial charge in [0, 0.05) is 0 Å². The zero-order valence-corrected chi connectivity index (χ0v) is 13.9. The molecule has 1 atom stereocenters. The van der Waals surface area contributed by atoms with Crippen LogP contribution >= 0.6 is 15.9 Å². The van der Waals surface area contributed by atoms with E-state index in [-0.39, 0.29) is 6.04 Å². The predicted octanol–water partition coefficient (Wildman–Crippen LogP) is 3.33. The Kier molecular flexibility index (Phi) is 5.22. The normalized spacial score (nSPS) is 12.0. The molecule has 0 radical (unpaired) electrons. The van der Waals surface area contributed by atoms with Crippen LogP contribution < -0.4 is 20.7 Å². The third-order valence-electron chi connectivity index (χ3n) is 3.46. The maximum atomic E-state index is 5.77. The maximum absolute atomic E-state index is 5.77. The van der Waals surface area contributed by atoms with Crippen molar-refractivity contribution in [2.75, 3.05) is 14.2 Å². The third-order valence-corrected chi connectivity index (χ3v) is 4.08. The van der Waals surface area contributed by atoms with E-state index in [1.807, 2.05) is 43.3 Å². The molecule has 0 aliphatic carbocycles. The first-order chi connectivity index (χ1) is 10.1. The van der Waals surface area contributed by atoms with E-state index < -0.39 is 0 Å². The van der Waals surface area contributed by atoms with Gasteiger partial charge in [0.05, 0.1) is 24.7 Å². The number of ether oxygens (including phenoxy) is 2. The standard InChI is InChI=1S/C16H19BrN2O2/c1-10-8-12(20-2)5-6-13(10)16(19-18)11-4-7-15(21-3)14(17)9-11/h4-9,16,19H,18H2,1-3H3. The van der Waals surface area contributed by atoms with Crippen LogP contribution in [-0.4, -0.2) is 14.2 Å². The molecular weight excluding hydrogens is 332 g/mol. The smallest absolute Gasteiger partial charge is 0.133 e. The first kappa shape index (κ1) is 15.8. The maximum Gasteiger partial charge on any atom is 0.133 e. The number of halogens is 1. The van der Waals surface area contributed by atoms with Crippen LogP contribution in [0.25, 0.3) is 0 Å². The van der Waals surface area contributed by atoms with Crippen molar-refractivity contribution in [1.82, 2.24) is 5.43 Å². The zero-order valence-electron chi connectivity index (χ0n) is 12.3. The fraction of sp³-hybridized carbons (Fsp3) is 0.250. The Bertz CT molecular complexity index is 632. The van der Waals surface area contributed by atoms with Gasteiger partial charge in [-0.3, -0.25) is 5.84 Å². The summed E-state index contributed by atoms with van der Waals surface area (Å²) in [5.74, 6) is 7.40. The summed E-state index contributed by atoms with van der Waals surface area (Å²) in [5.41, 5.74) is 6.15. The summed E-state index contributed by atoms with van der Waals surface area (Å²) in [6.07, 6.45) is 0. The van der Waals surface area contributed by atoms with E-state index in [1.54, 1.807) is 14.2 Å². The third kappa shape index (κ3) is 3.37. The van der Waals surface area contributed by atoms with Crippen molar-refractivity contribution < 1.29 is 9.47 Å². The molecule has 2 aromatic rings. The molecule has 21 heavy (non-hydrogen) atoms. The van der Waals surface area contributed by atoms with Crippen LogP contribution in [0.15, 0.2) is 40.9 Å². The van der Waals surface area contributed by atoms with E-state index >= 15 is 0 Å². The minimum Gasteiger partial charge on any atom is -0.497 e. The Morgan fingerprint density at radius 2 is 1.86 bits per heavy atom. The fourth-order valence-corrected chi connectivity index (χ4v) is 2.89. The highest BCUT2D eigenvalue weighted by molar-refractivity contribution is 9.10. The molecule has 0 saturated carbocycles. The average molecular weight is 351 g/mol. The molecule has 1 unspecified atom stereocenters. The summed E-state index contributed by atoms with van der Waals surface area (Å²) in [6.45, 7) is 2.04. The van der Waals surface area contributed by atoms with Gasteiger partial charge in [-0.1, -0.05) is 12.1 Å². The van der Waals surface area contributed by atoms with Crippen LogP contribution in [0.1, 0.15) is 22.7 Å². The van der Waals surface area contributed by atoms with Gasteiger partial charge in [0.25, 0.3) is 0 Å². The quantitative estimate of drug-likeness (QED) is 0.641. The molecule has 112 valence electrons. The summed E-state index contributed by atoms with van der Waals surface area (Å²) in [7, 11) is 3.31. The van der Waals surface area contributed by atoms with Crippen LogP contribution in [0, 0.1) is 6.92 Å². The first-order valence-electron chi connectivity index (χ1n) is 6.54. The molecule has 0 heterocycles. The van der Waals surface area contributed by atoms with Gasteiger partial charge in [0.15, 0.2) is 0 Å². The largest absolute Gasteiger partial charge is 0.497 e. The molecule has 0 aliphatic heterocycles. The Balaban J connectivity index is 2.42. The van der Waals surface area contributed by atoms with E-state index in [4.69, 9.17) is 15.3 Å². The molecule has 0 saturated heterocycles. The molecule has 0 aliphatic rings. The lowest BCUT2D eigenvalue weighted by molar-refractivity contribution is 0.411. The Hall–Kier alpha value is -1.56. The van der Waals surface area contributed by atoms with Crippen molar-refractivity contribution >= 4 is 15.9 Å². The highest BCUT2D eigenvalue weighted by Crippen LogP contribution is 2.32. The van der Waals surface area contributed by atoms with Gasteiger partial charge in [0.1, 0.15) is 11.5 Å². The molecule has 3 N–H and O–H groups in total. The van der Waals surface area contributed by atoms with Crippen LogP contribution in [0.3, 0.4) is 0 Å². The minimum atomic E-state index is -0.0990. The lowest BCUT2D eigenvalue weighted by atomic mass is 9.95. The second kappa shape index (κ2) is 6.93. The second-order valence-electron chi connectivity index (χ2n) is 4.72. The van der Waals surface area contributed by atoms with Gasteiger partial charge in [-0.2, -0.15) is 0 Å². The number of methoxy groups -OCH3 is 2. The van der Waals surface area contributed by atoms with Crippen molar-refractivity contribution in [3.8, 4) is 11.5 Å². The number of nitrogens with two attached hydrogens (primary N) is 1. The second-order valence-corrected chi connectivity index (χ2v) is 5.57. The van der Waals surface area contributed by atoms with E-state index in [2.05, 4.69) is 21.4 Å². The SMILES string of the molecule is COc1ccc(C(NN)c2ccc(OC)c(Br)c2)c(C)c1. The number of hydrogen-bond acceptors (Lipinski definition) is 4. The van der Waals surface area contributed by atoms with Gasteiger partial charge >= 0.3 is 0 Å². The number of benzene rings is 2. The number of hydrazine groups is 1. The first-order valence-corrected chi connectivity index (χ1v) is 7.34. The minimum absolute atomic E-state index is 0.0990. The van der Waals surface area contributed by atoms with Crippen LogP contribution in [0.4, 0.5) is 0 Å². The van der Waals surface area contributed by atoms with E-state index in [0.717, 1.165) is 32.7 Å². The van der Waals surface area contributed by atoms with Crippen molar-refractivity contribution in [3.63, 3.8) is 0 Å². The van der Waals surface area contributed by atoms with Gasteiger partial charge in [-0.25, -0.2) is 5.43 Å². The predicted molar refractivity (Wildman–Crippen MR) is 87.6 cm³/mol. The number of nitrogens with one attached hydrogen (secondary N) is 1. The molecular formula is C16H19BrN2O2. The van der Waals surface area contributed by atoms with E-state index in [9.17, 15) is 0 Å². The van der Waals surface area contributed by atoms with E-state index in [0.29, 0.717) is 0 Å². The molecule has 2 rings (SSSR count). The molecule has 0 bridgehead atoms. The van der Waals surface area contributed by atoms with Crippen molar-refractivity contribution in [1.29, 1.82) is 0 Å². The summed E-state index contributed by atoms with van der Waals surface area (Å²) < 4.78 is 11.4. The average Bonchev–Trinajstić information content (AvgIpc) is 2.49. The Labute approximate surface area is 133 Å². The van der Waals surface area contributed by atoms with Crippen LogP contribution in [0.2, 0.25) is 0 Å². The number of rotatable bonds is 5. The van der Waals surface area contributed by atoms with Crippen molar-refractivity contribution in [3.05, 3.63) is 57.6 Å². The lowest BCUT2D eigenvalue weighted by Gasteiger charge is -2.20. The Morgan fingerprint density at radius 1 is 1.10 bits per heavy atom. The molecule has 0 amide bonds. The highest BCUT2D eigenvalue weighted by atomic mass is 79.9. The molecule has 2 aromatic carbocycles. The number of hydrogen-bond donors (Lipinski definition) is 2. The molecule has 0 aromatic heterocycles. The van der Waals surface area contributed by atoms with Crippen molar-refractivity contribution in [2.45, 2.75) is 13.0 Å². The summed E-state index contributed by atoms with van der Waals surface area (Å²) in [4.78, 5) is 0. The van der Waals surface area contributed by atoms with Crippen molar-refractivity contribution in [2.24, 2.45) is 5.84 Å². The lowest BCUT2D eigenvalue weighted by Crippen LogP contribution is -2.29. The zero-order chi connectivity index (χ0) is 15.4. The molecule has 4 nitrogen and oxygen atoms in total. The number of aryl methyl sites for hydroxylation is 1. The topological polar surface area (TPSA) is 56.5 Å². The van der Waals surface area contributed by atoms with Gasteiger partial charge in [0.2, 0.25) is 0 Å². The van der Waals surface area contributed by atoms with Gasteiger partial charge in [-0.05, 0) is 63.8 Å². The summed E-state index contributed by atoms with van der Waals surface area (Å²) in [5, 5.41) is 0. The molecule has 0 fully saturated rings. The molecule has 5 heteroatoms. The van der Waals surface area contributed by atoms with Gasteiger partial charge < -0.3 is 9.47 Å². The summed E-state index contributed by atoms with van der Waals surface area (Å²) >= 11 is 3.51. The van der Waals surface area contributed by atoms with E-state index in [1.165, 1.54) is 0 Å². The highest BCUT2D eigenvalue weighted by Gasteiger charge is 2.16. The van der Waals surface area contributed by atoms with Crippen LogP contribution in [-0.2, 0) is 0 Å². The van der Waals surface area contributed by atoms with Crippen LogP contribution in [0.5, 0.6) is 11.5 Å². The molecule has 0 spiro atoms. The fourth-order valence-electron chi connectivity index (χ4n) is 2.33.